The summed E-state index contributed by atoms with van der Waals surface area (Å²) < 4.78 is 22.5. The Bertz CT molecular complexity index is 637. The molecule has 0 aliphatic carbocycles. The van der Waals surface area contributed by atoms with Crippen molar-refractivity contribution in [3.63, 3.8) is 0 Å². The molecule has 2 N–H and O–H groups in total. The predicted molar refractivity (Wildman–Crippen MR) is 86.7 cm³/mol. The van der Waals surface area contributed by atoms with E-state index in [1.165, 1.54) is 18.2 Å². The number of benzene rings is 1. The highest BCUT2D eigenvalue weighted by molar-refractivity contribution is 7.89. The largest absolute Gasteiger partial charge is 0.335 e. The van der Waals surface area contributed by atoms with Crippen LogP contribution in [0.25, 0.3) is 0 Å². The molecule has 6 nitrogen and oxygen atoms in total. The Morgan fingerprint density at radius 1 is 1.23 bits per heavy atom. The number of amides is 1. The van der Waals surface area contributed by atoms with Gasteiger partial charge in [-0.3, -0.25) is 4.79 Å². The Labute approximate surface area is 132 Å². The maximum Gasteiger partial charge on any atom is 0.246 e. The molecule has 22 heavy (non-hydrogen) atoms. The van der Waals surface area contributed by atoms with Gasteiger partial charge in [0.05, 0.1) is 10.9 Å². The molecule has 1 atom stereocenters. The zero-order valence-corrected chi connectivity index (χ0v) is 14.2. The monoisotopic (exact) mass is 325 g/mol. The highest BCUT2D eigenvalue weighted by atomic mass is 32.2. The molecule has 1 aromatic carbocycles. The number of nitrogens with zero attached hydrogens (tertiary/aromatic N) is 2. The summed E-state index contributed by atoms with van der Waals surface area (Å²) in [6.07, 6.45) is 3.34. The Balaban J connectivity index is 2.80. The van der Waals surface area contributed by atoms with Crippen molar-refractivity contribution in [3.05, 3.63) is 42.0 Å². The molecular weight excluding hydrogens is 302 g/mol. The fraction of sp³-hybridized carbons (Fsp3) is 0.400. The lowest BCUT2D eigenvalue weighted by atomic mass is 10.1. The van der Waals surface area contributed by atoms with Gasteiger partial charge in [-0.25, -0.2) is 13.6 Å². The van der Waals surface area contributed by atoms with Crippen molar-refractivity contribution in [2.45, 2.75) is 17.9 Å². The first kappa shape index (κ1) is 18.3. The number of carbonyl (C=O) groups excluding carboxylic acids is 1. The van der Waals surface area contributed by atoms with Gasteiger partial charge in [0.25, 0.3) is 0 Å². The van der Waals surface area contributed by atoms with Crippen LogP contribution in [0.1, 0.15) is 18.5 Å². The number of primary sulfonamides is 1. The van der Waals surface area contributed by atoms with E-state index in [9.17, 15) is 13.2 Å². The van der Waals surface area contributed by atoms with Crippen LogP contribution in [0.5, 0.6) is 0 Å². The molecule has 0 aliphatic heterocycles. The summed E-state index contributed by atoms with van der Waals surface area (Å²) in [6.45, 7) is 2.57. The normalized spacial score (nSPS) is 13.5. The van der Waals surface area contributed by atoms with Crippen LogP contribution >= 0.6 is 0 Å². The summed E-state index contributed by atoms with van der Waals surface area (Å²) in [5.74, 6) is -0.107. The molecule has 0 bridgehead atoms. The minimum absolute atomic E-state index is 0.0586. The van der Waals surface area contributed by atoms with Crippen LogP contribution in [0.15, 0.2) is 41.3 Å². The van der Waals surface area contributed by atoms with Gasteiger partial charge in [0.15, 0.2) is 0 Å². The summed E-state index contributed by atoms with van der Waals surface area (Å²) >= 11 is 0. The Morgan fingerprint density at radius 2 is 1.77 bits per heavy atom. The molecule has 0 saturated heterocycles. The average molecular weight is 325 g/mol. The van der Waals surface area contributed by atoms with E-state index >= 15 is 0 Å². The minimum Gasteiger partial charge on any atom is -0.335 e. The molecule has 122 valence electrons. The molecule has 0 aliphatic rings. The lowest BCUT2D eigenvalue weighted by Gasteiger charge is -2.24. The van der Waals surface area contributed by atoms with Crippen molar-refractivity contribution in [2.24, 2.45) is 5.14 Å². The summed E-state index contributed by atoms with van der Waals surface area (Å²) in [5, 5.41) is 5.06. The second-order valence-electron chi connectivity index (χ2n) is 5.40. The Kier molecular flexibility index (Phi) is 6.28. The van der Waals surface area contributed by atoms with Gasteiger partial charge in [-0.2, -0.15) is 0 Å². The highest BCUT2D eigenvalue weighted by Crippen LogP contribution is 2.20. The number of nitrogens with two attached hydrogens (primary N) is 1. The molecule has 1 aromatic rings. The van der Waals surface area contributed by atoms with Crippen LogP contribution in [0.3, 0.4) is 0 Å². The summed E-state index contributed by atoms with van der Waals surface area (Å²) in [4.78, 5) is 15.7. The first-order valence-corrected chi connectivity index (χ1v) is 8.38. The van der Waals surface area contributed by atoms with Gasteiger partial charge in [-0.1, -0.05) is 18.2 Å². The quantitative estimate of drug-likeness (QED) is 0.790. The number of rotatable bonds is 6. The van der Waals surface area contributed by atoms with E-state index in [1.54, 1.807) is 30.2 Å². The number of hydrogen-bond acceptors (Lipinski definition) is 4. The zero-order valence-electron chi connectivity index (χ0n) is 13.4. The van der Waals surface area contributed by atoms with E-state index < -0.39 is 10.0 Å². The summed E-state index contributed by atoms with van der Waals surface area (Å²) in [5.41, 5.74) is 0.837. The van der Waals surface area contributed by atoms with Crippen molar-refractivity contribution in [2.75, 3.05) is 27.7 Å². The van der Waals surface area contributed by atoms with Crippen LogP contribution in [0.2, 0.25) is 0 Å². The molecule has 0 aromatic heterocycles. The summed E-state index contributed by atoms with van der Waals surface area (Å²) in [7, 11) is 1.86. The molecule has 1 unspecified atom stereocenters. The lowest BCUT2D eigenvalue weighted by molar-refractivity contribution is -0.126. The first-order chi connectivity index (χ1) is 10.1. The fourth-order valence-electron chi connectivity index (χ4n) is 1.83. The molecule has 0 saturated carbocycles. The summed E-state index contributed by atoms with van der Waals surface area (Å²) in [6, 6.07) is 6.05. The van der Waals surface area contributed by atoms with E-state index in [-0.39, 0.29) is 16.8 Å². The first-order valence-electron chi connectivity index (χ1n) is 6.83. The van der Waals surface area contributed by atoms with Gasteiger partial charge < -0.3 is 9.80 Å². The lowest BCUT2D eigenvalue weighted by Crippen LogP contribution is -2.28. The van der Waals surface area contributed by atoms with Gasteiger partial charge in [0.1, 0.15) is 0 Å². The topological polar surface area (TPSA) is 83.7 Å². The molecule has 1 amide bonds. The molecule has 1 rings (SSSR count). The van der Waals surface area contributed by atoms with Gasteiger partial charge in [-0.05, 0) is 38.7 Å². The molecule has 0 spiro atoms. The van der Waals surface area contributed by atoms with Crippen molar-refractivity contribution < 1.29 is 13.2 Å². The van der Waals surface area contributed by atoms with Crippen LogP contribution < -0.4 is 5.14 Å². The standard InChI is InChI=1S/C15H23N3O3S/c1-12(18(4)15(19)6-5-11-17(2)3)13-7-9-14(10-8-13)22(16,20)21/h5-10,12H,11H2,1-4H3,(H2,16,20,21)/b6-5+. The van der Waals surface area contributed by atoms with Gasteiger partial charge >= 0.3 is 0 Å². The highest BCUT2D eigenvalue weighted by Gasteiger charge is 2.16. The molecule has 7 heteroatoms. The Hall–Kier alpha value is -1.70. The number of sulfonamides is 1. The van der Waals surface area contributed by atoms with Crippen LogP contribution in [0, 0.1) is 0 Å². The minimum atomic E-state index is -3.70. The Morgan fingerprint density at radius 3 is 2.23 bits per heavy atom. The van der Waals surface area contributed by atoms with E-state index in [0.29, 0.717) is 6.54 Å². The third-order valence-electron chi connectivity index (χ3n) is 3.35. The van der Waals surface area contributed by atoms with Gasteiger partial charge in [0, 0.05) is 19.7 Å². The predicted octanol–water partition coefficient (Wildman–Crippen LogP) is 0.971. The van der Waals surface area contributed by atoms with E-state index in [2.05, 4.69) is 0 Å². The number of likely N-dealkylation sites (N-methyl/N-ethyl adjacent to an activating group) is 2. The maximum atomic E-state index is 12.1. The molecule has 0 heterocycles. The van der Waals surface area contributed by atoms with E-state index in [4.69, 9.17) is 5.14 Å². The average Bonchev–Trinajstić information content (AvgIpc) is 2.44. The second kappa shape index (κ2) is 7.53. The third-order valence-corrected chi connectivity index (χ3v) is 4.28. The maximum absolute atomic E-state index is 12.1. The van der Waals surface area contributed by atoms with Gasteiger partial charge in [0.2, 0.25) is 15.9 Å². The molecule has 0 radical (unpaired) electrons. The smallest absolute Gasteiger partial charge is 0.246 e. The van der Waals surface area contributed by atoms with Crippen molar-refractivity contribution >= 4 is 15.9 Å². The number of carbonyl (C=O) groups is 1. The third kappa shape index (κ3) is 5.25. The fourth-order valence-corrected chi connectivity index (χ4v) is 2.35. The SMILES string of the molecule is CC(c1ccc(S(N)(=O)=O)cc1)N(C)C(=O)/C=C/CN(C)C. The van der Waals surface area contributed by atoms with Crippen molar-refractivity contribution in [1.82, 2.24) is 9.80 Å². The zero-order chi connectivity index (χ0) is 16.9. The van der Waals surface area contributed by atoms with Crippen molar-refractivity contribution in [3.8, 4) is 0 Å². The van der Waals surface area contributed by atoms with E-state index in [0.717, 1.165) is 5.56 Å². The van der Waals surface area contributed by atoms with E-state index in [1.807, 2.05) is 25.9 Å². The van der Waals surface area contributed by atoms with Crippen LogP contribution in [0.4, 0.5) is 0 Å². The molecular formula is C15H23N3O3S. The second-order valence-corrected chi connectivity index (χ2v) is 6.97. The van der Waals surface area contributed by atoms with Crippen LogP contribution in [-0.4, -0.2) is 51.8 Å². The molecule has 0 fully saturated rings. The van der Waals surface area contributed by atoms with Crippen molar-refractivity contribution in [1.29, 1.82) is 0 Å². The van der Waals surface area contributed by atoms with Gasteiger partial charge in [-0.15, -0.1) is 0 Å². The number of hydrogen-bond donors (Lipinski definition) is 1. The van der Waals surface area contributed by atoms with Crippen LogP contribution in [-0.2, 0) is 14.8 Å².